The van der Waals surface area contributed by atoms with E-state index in [1.54, 1.807) is 12.1 Å². The molecule has 1 unspecified atom stereocenters. The van der Waals surface area contributed by atoms with Gasteiger partial charge in [0, 0.05) is 11.8 Å². The molecule has 106 valence electrons. The second-order valence-electron chi connectivity index (χ2n) is 4.13. The first-order valence-electron chi connectivity index (χ1n) is 5.73. The van der Waals surface area contributed by atoms with Gasteiger partial charge in [0.2, 0.25) is 6.43 Å². The van der Waals surface area contributed by atoms with E-state index in [9.17, 15) is 18.4 Å². The van der Waals surface area contributed by atoms with Crippen molar-refractivity contribution in [3.63, 3.8) is 0 Å². The first-order valence-corrected chi connectivity index (χ1v) is 5.73. The van der Waals surface area contributed by atoms with Crippen LogP contribution in [-0.2, 0) is 4.79 Å². The van der Waals surface area contributed by atoms with Crippen molar-refractivity contribution < 1.29 is 23.5 Å². The minimum absolute atomic E-state index is 0.153. The predicted molar refractivity (Wildman–Crippen MR) is 65.6 cm³/mol. The summed E-state index contributed by atoms with van der Waals surface area (Å²) in [6.45, 7) is 0. The Balaban J connectivity index is 2.22. The number of carboxylic acid groups (broad SMARTS) is 1. The molecule has 1 amide bonds. The number of aliphatic carboxylic acids is 1. The van der Waals surface area contributed by atoms with Gasteiger partial charge in [-0.1, -0.05) is 12.1 Å². The van der Waals surface area contributed by atoms with Gasteiger partial charge in [0.15, 0.2) is 0 Å². The number of H-pyrrole nitrogens is 1. The summed E-state index contributed by atoms with van der Waals surface area (Å²) in [6.07, 6.45) is -2.26. The van der Waals surface area contributed by atoms with E-state index in [0.29, 0.717) is 10.9 Å². The number of para-hydroxylation sites is 1. The summed E-state index contributed by atoms with van der Waals surface area (Å²) in [5.41, 5.74) is 0.576. The highest BCUT2D eigenvalue weighted by Gasteiger charge is 2.25. The van der Waals surface area contributed by atoms with E-state index in [4.69, 9.17) is 5.11 Å². The van der Waals surface area contributed by atoms with Crippen LogP contribution in [0.3, 0.4) is 0 Å². The van der Waals surface area contributed by atoms with E-state index in [1.807, 2.05) is 0 Å². The second kappa shape index (κ2) is 5.64. The Labute approximate surface area is 111 Å². The zero-order valence-corrected chi connectivity index (χ0v) is 10.1. The van der Waals surface area contributed by atoms with Crippen molar-refractivity contribution >= 4 is 22.8 Å². The standard InChI is InChI=1S/C12H11F2N3O3/c13-9(14)4-8(12(19)20)16-11(18)7-3-1-2-6-5-15-17-10(6)7/h1-3,5,8-9H,4H2,(H,15,17)(H,16,18)(H,19,20). The van der Waals surface area contributed by atoms with Gasteiger partial charge >= 0.3 is 5.97 Å². The van der Waals surface area contributed by atoms with E-state index in [2.05, 4.69) is 15.5 Å². The topological polar surface area (TPSA) is 95.1 Å². The Kier molecular flexibility index (Phi) is 3.92. The molecular weight excluding hydrogens is 272 g/mol. The fraction of sp³-hybridized carbons (Fsp3) is 0.250. The van der Waals surface area contributed by atoms with Crippen LogP contribution in [0.5, 0.6) is 0 Å². The van der Waals surface area contributed by atoms with Crippen LogP contribution in [0, 0.1) is 0 Å². The SMILES string of the molecule is O=C(NC(CC(F)F)C(=O)O)c1cccc2cn[nH]c12. The summed E-state index contributed by atoms with van der Waals surface area (Å²) in [5, 5.41) is 17.9. The molecule has 2 rings (SSSR count). The molecule has 2 aromatic rings. The number of carboxylic acids is 1. The Morgan fingerprint density at radius 3 is 2.80 bits per heavy atom. The number of hydrogen-bond acceptors (Lipinski definition) is 3. The molecule has 20 heavy (non-hydrogen) atoms. The third-order valence-electron chi connectivity index (χ3n) is 2.74. The predicted octanol–water partition coefficient (Wildman–Crippen LogP) is 1.40. The van der Waals surface area contributed by atoms with Gasteiger partial charge in [-0.2, -0.15) is 5.10 Å². The Morgan fingerprint density at radius 1 is 1.40 bits per heavy atom. The lowest BCUT2D eigenvalue weighted by Gasteiger charge is -2.14. The number of nitrogens with one attached hydrogen (secondary N) is 2. The molecule has 1 atom stereocenters. The molecule has 0 aliphatic rings. The molecule has 0 saturated carbocycles. The molecular formula is C12H11F2N3O3. The van der Waals surface area contributed by atoms with Gasteiger partial charge in [0.25, 0.3) is 5.91 Å². The number of halogens is 2. The first-order chi connectivity index (χ1) is 9.49. The highest BCUT2D eigenvalue weighted by molar-refractivity contribution is 6.06. The van der Waals surface area contributed by atoms with Crippen LogP contribution >= 0.6 is 0 Å². The largest absolute Gasteiger partial charge is 0.480 e. The molecule has 0 aliphatic carbocycles. The van der Waals surface area contributed by atoms with Crippen LogP contribution in [0.4, 0.5) is 8.78 Å². The number of rotatable bonds is 5. The third-order valence-corrected chi connectivity index (χ3v) is 2.74. The summed E-state index contributed by atoms with van der Waals surface area (Å²) in [7, 11) is 0. The minimum atomic E-state index is -2.82. The number of nitrogens with zero attached hydrogens (tertiary/aromatic N) is 1. The highest BCUT2D eigenvalue weighted by atomic mass is 19.3. The van der Waals surface area contributed by atoms with E-state index in [1.165, 1.54) is 12.3 Å². The lowest BCUT2D eigenvalue weighted by molar-refractivity contribution is -0.140. The van der Waals surface area contributed by atoms with Gasteiger partial charge in [0.05, 0.1) is 17.3 Å². The molecule has 3 N–H and O–H groups in total. The second-order valence-corrected chi connectivity index (χ2v) is 4.13. The molecule has 1 aromatic heterocycles. The average molecular weight is 283 g/mol. The molecule has 8 heteroatoms. The highest BCUT2D eigenvalue weighted by Crippen LogP contribution is 2.16. The molecule has 0 saturated heterocycles. The zero-order chi connectivity index (χ0) is 14.7. The lowest BCUT2D eigenvalue weighted by atomic mass is 10.1. The van der Waals surface area contributed by atoms with Crippen LogP contribution in [0.2, 0.25) is 0 Å². The molecule has 0 fully saturated rings. The first kappa shape index (κ1) is 13.9. The van der Waals surface area contributed by atoms with Gasteiger partial charge in [0.1, 0.15) is 6.04 Å². The number of hydrogen-bond donors (Lipinski definition) is 3. The molecule has 0 bridgehead atoms. The molecule has 1 aromatic carbocycles. The summed E-state index contributed by atoms with van der Waals surface area (Å²) in [5.74, 6) is -2.25. The Bertz CT molecular complexity index is 642. The van der Waals surface area contributed by atoms with Crippen molar-refractivity contribution in [2.24, 2.45) is 0 Å². The smallest absolute Gasteiger partial charge is 0.326 e. The molecule has 1 heterocycles. The van der Waals surface area contributed by atoms with E-state index in [-0.39, 0.29) is 5.56 Å². The average Bonchev–Trinajstić information content (AvgIpc) is 2.84. The normalized spacial score (nSPS) is 12.6. The van der Waals surface area contributed by atoms with Crippen molar-refractivity contribution in [1.29, 1.82) is 0 Å². The summed E-state index contributed by atoms with van der Waals surface area (Å²) in [4.78, 5) is 22.8. The maximum absolute atomic E-state index is 12.3. The summed E-state index contributed by atoms with van der Waals surface area (Å²) >= 11 is 0. The number of aromatic amines is 1. The lowest BCUT2D eigenvalue weighted by Crippen LogP contribution is -2.42. The van der Waals surface area contributed by atoms with Crippen molar-refractivity contribution in [2.75, 3.05) is 0 Å². The van der Waals surface area contributed by atoms with Crippen molar-refractivity contribution in [2.45, 2.75) is 18.9 Å². The zero-order valence-electron chi connectivity index (χ0n) is 10.1. The van der Waals surface area contributed by atoms with E-state index in [0.717, 1.165) is 0 Å². The fourth-order valence-electron chi connectivity index (χ4n) is 1.79. The van der Waals surface area contributed by atoms with E-state index < -0.39 is 30.8 Å². The number of carbonyl (C=O) groups excluding carboxylic acids is 1. The van der Waals surface area contributed by atoms with Crippen molar-refractivity contribution in [3.8, 4) is 0 Å². The van der Waals surface area contributed by atoms with Gasteiger partial charge in [-0.05, 0) is 6.07 Å². The Morgan fingerprint density at radius 2 is 2.15 bits per heavy atom. The van der Waals surface area contributed by atoms with Crippen LogP contribution < -0.4 is 5.32 Å². The van der Waals surface area contributed by atoms with Crippen molar-refractivity contribution in [1.82, 2.24) is 15.5 Å². The number of fused-ring (bicyclic) bond motifs is 1. The number of amides is 1. The number of alkyl halides is 2. The van der Waals surface area contributed by atoms with Gasteiger partial charge in [-0.25, -0.2) is 13.6 Å². The maximum atomic E-state index is 12.3. The van der Waals surface area contributed by atoms with Crippen molar-refractivity contribution in [3.05, 3.63) is 30.0 Å². The quantitative estimate of drug-likeness (QED) is 0.773. The third kappa shape index (κ3) is 2.90. The number of benzene rings is 1. The van der Waals surface area contributed by atoms with E-state index >= 15 is 0 Å². The molecule has 0 spiro atoms. The van der Waals surface area contributed by atoms with Crippen LogP contribution in [0.15, 0.2) is 24.4 Å². The van der Waals surface area contributed by atoms with Gasteiger partial charge < -0.3 is 10.4 Å². The van der Waals surface area contributed by atoms with Gasteiger partial charge in [-0.15, -0.1) is 0 Å². The summed E-state index contributed by atoms with van der Waals surface area (Å²) in [6, 6.07) is 3.12. The maximum Gasteiger partial charge on any atom is 0.326 e. The molecule has 0 radical (unpaired) electrons. The minimum Gasteiger partial charge on any atom is -0.480 e. The van der Waals surface area contributed by atoms with Crippen LogP contribution in [-0.4, -0.2) is 39.6 Å². The van der Waals surface area contributed by atoms with Crippen LogP contribution in [0.1, 0.15) is 16.8 Å². The Hall–Kier alpha value is -2.51. The fourth-order valence-corrected chi connectivity index (χ4v) is 1.79. The summed E-state index contributed by atoms with van der Waals surface area (Å²) < 4.78 is 24.5. The monoisotopic (exact) mass is 283 g/mol. The van der Waals surface area contributed by atoms with Crippen LogP contribution in [0.25, 0.3) is 10.9 Å². The number of aromatic nitrogens is 2. The van der Waals surface area contributed by atoms with Gasteiger partial charge in [-0.3, -0.25) is 9.89 Å². The molecule has 0 aliphatic heterocycles. The number of carbonyl (C=O) groups is 2. The molecule has 6 nitrogen and oxygen atoms in total.